The van der Waals surface area contributed by atoms with Crippen molar-refractivity contribution in [2.75, 3.05) is 13.6 Å². The molecule has 3 N–H and O–H groups in total. The lowest BCUT2D eigenvalue weighted by Gasteiger charge is -2.33. The maximum atomic E-state index is 12.8. The van der Waals surface area contributed by atoms with Crippen LogP contribution in [0.2, 0.25) is 0 Å². The van der Waals surface area contributed by atoms with E-state index >= 15 is 0 Å². The van der Waals surface area contributed by atoms with Crippen LogP contribution >= 0.6 is 0 Å². The number of urea groups is 1. The van der Waals surface area contributed by atoms with Gasteiger partial charge in [0.25, 0.3) is 5.91 Å². The molecule has 0 aromatic carbocycles. The van der Waals surface area contributed by atoms with Crippen molar-refractivity contribution >= 4 is 23.8 Å². The number of carbonyl (C=O) groups excluding carboxylic acids is 4. The summed E-state index contributed by atoms with van der Waals surface area (Å²) in [6.07, 6.45) is 3.43. The second kappa shape index (κ2) is 8.05. The summed E-state index contributed by atoms with van der Waals surface area (Å²) >= 11 is 0. The normalized spacial score (nSPS) is 26.8. The van der Waals surface area contributed by atoms with E-state index < -0.39 is 23.5 Å². The molecule has 2 fully saturated rings. The van der Waals surface area contributed by atoms with Gasteiger partial charge in [-0.05, 0) is 43.9 Å². The molecular formula is C18H30N4O4. The van der Waals surface area contributed by atoms with E-state index in [0.717, 1.165) is 17.7 Å². The van der Waals surface area contributed by atoms with Gasteiger partial charge < -0.3 is 16.0 Å². The average molecular weight is 366 g/mol. The Hall–Kier alpha value is -2.12. The SMILES string of the molecule is CNC(=O)[C@@H](CC(C)C)NC(=O)CN1C(=O)NC2(CCC(C)CC2)C1=O. The Kier molecular flexibility index (Phi) is 6.26. The number of likely N-dealkylation sites (N-methyl/N-ethyl adjacent to an activating group) is 1. The van der Waals surface area contributed by atoms with Crippen LogP contribution in [-0.2, 0) is 14.4 Å². The third-order valence-electron chi connectivity index (χ3n) is 5.28. The molecule has 1 saturated heterocycles. The fourth-order valence-electron chi connectivity index (χ4n) is 3.67. The second-order valence-corrected chi connectivity index (χ2v) is 7.95. The highest BCUT2D eigenvalue weighted by Gasteiger charge is 2.52. The first kappa shape index (κ1) is 20.2. The summed E-state index contributed by atoms with van der Waals surface area (Å²) in [5.74, 6) is -0.385. The summed E-state index contributed by atoms with van der Waals surface area (Å²) in [5, 5.41) is 7.96. The van der Waals surface area contributed by atoms with Crippen LogP contribution in [0.1, 0.15) is 52.9 Å². The van der Waals surface area contributed by atoms with E-state index in [4.69, 9.17) is 0 Å². The van der Waals surface area contributed by atoms with E-state index in [9.17, 15) is 19.2 Å². The average Bonchev–Trinajstić information content (AvgIpc) is 2.80. The van der Waals surface area contributed by atoms with Crippen LogP contribution in [0.3, 0.4) is 0 Å². The van der Waals surface area contributed by atoms with Gasteiger partial charge >= 0.3 is 6.03 Å². The predicted octanol–water partition coefficient (Wildman–Crippen LogP) is 0.764. The van der Waals surface area contributed by atoms with Crippen LogP contribution in [0.4, 0.5) is 4.79 Å². The van der Waals surface area contributed by atoms with Crippen LogP contribution in [0.5, 0.6) is 0 Å². The topological polar surface area (TPSA) is 108 Å². The molecule has 8 nitrogen and oxygen atoms in total. The molecule has 1 atom stereocenters. The third kappa shape index (κ3) is 4.34. The van der Waals surface area contributed by atoms with Gasteiger partial charge in [-0.3, -0.25) is 19.3 Å². The van der Waals surface area contributed by atoms with Gasteiger partial charge in [0.15, 0.2) is 0 Å². The second-order valence-electron chi connectivity index (χ2n) is 7.95. The van der Waals surface area contributed by atoms with Crippen molar-refractivity contribution in [1.29, 1.82) is 0 Å². The molecule has 5 amide bonds. The van der Waals surface area contributed by atoms with Crippen molar-refractivity contribution in [1.82, 2.24) is 20.9 Å². The van der Waals surface area contributed by atoms with E-state index in [-0.39, 0.29) is 24.3 Å². The lowest BCUT2D eigenvalue weighted by Crippen LogP contribution is -2.51. The molecule has 1 aliphatic heterocycles. The first-order chi connectivity index (χ1) is 12.2. The lowest BCUT2D eigenvalue weighted by molar-refractivity contribution is -0.136. The number of imide groups is 1. The number of amides is 5. The van der Waals surface area contributed by atoms with Crippen LogP contribution in [0, 0.1) is 11.8 Å². The Morgan fingerprint density at radius 1 is 1.27 bits per heavy atom. The highest BCUT2D eigenvalue weighted by Crippen LogP contribution is 2.36. The minimum atomic E-state index is -0.859. The zero-order valence-electron chi connectivity index (χ0n) is 16.1. The fourth-order valence-corrected chi connectivity index (χ4v) is 3.67. The Morgan fingerprint density at radius 3 is 2.42 bits per heavy atom. The molecule has 2 rings (SSSR count). The van der Waals surface area contributed by atoms with Crippen molar-refractivity contribution in [3.05, 3.63) is 0 Å². The summed E-state index contributed by atoms with van der Waals surface area (Å²) in [6.45, 7) is 5.67. The van der Waals surface area contributed by atoms with Crippen LogP contribution in [-0.4, -0.2) is 53.8 Å². The molecule has 0 bridgehead atoms. The molecule has 1 heterocycles. The third-order valence-corrected chi connectivity index (χ3v) is 5.28. The maximum absolute atomic E-state index is 12.8. The largest absolute Gasteiger partial charge is 0.357 e. The number of carbonyl (C=O) groups is 4. The van der Waals surface area contributed by atoms with Crippen LogP contribution < -0.4 is 16.0 Å². The Labute approximate surface area is 154 Å². The van der Waals surface area contributed by atoms with Gasteiger partial charge in [-0.15, -0.1) is 0 Å². The van der Waals surface area contributed by atoms with Crippen LogP contribution in [0.15, 0.2) is 0 Å². The van der Waals surface area contributed by atoms with Crippen LogP contribution in [0.25, 0.3) is 0 Å². The van der Waals surface area contributed by atoms with Gasteiger partial charge in [0.2, 0.25) is 11.8 Å². The maximum Gasteiger partial charge on any atom is 0.325 e. The van der Waals surface area contributed by atoms with Crippen molar-refractivity contribution in [2.24, 2.45) is 11.8 Å². The summed E-state index contributed by atoms with van der Waals surface area (Å²) in [4.78, 5) is 50.3. The van der Waals surface area contributed by atoms with Gasteiger partial charge in [0.05, 0.1) is 0 Å². The highest BCUT2D eigenvalue weighted by atomic mass is 16.2. The molecule has 1 aliphatic carbocycles. The van der Waals surface area contributed by atoms with E-state index in [1.807, 2.05) is 13.8 Å². The number of rotatable bonds is 6. The van der Waals surface area contributed by atoms with E-state index in [0.29, 0.717) is 25.2 Å². The highest BCUT2D eigenvalue weighted by molar-refractivity contribution is 6.09. The minimum absolute atomic E-state index is 0.210. The molecule has 1 spiro atoms. The Bertz CT molecular complexity index is 582. The molecule has 146 valence electrons. The monoisotopic (exact) mass is 366 g/mol. The Balaban J connectivity index is 2.00. The quantitative estimate of drug-likeness (QED) is 0.603. The summed E-state index contributed by atoms with van der Waals surface area (Å²) in [6, 6.07) is -1.21. The standard InChI is InChI=1S/C18H30N4O4/c1-11(2)9-13(15(24)19-4)20-14(23)10-22-16(25)18(21-17(22)26)7-5-12(3)6-8-18/h11-13H,5-10H2,1-4H3,(H,19,24)(H,20,23)(H,21,26)/t12?,13-,18?/m1/s1. The van der Waals surface area contributed by atoms with E-state index in [1.165, 1.54) is 7.05 Å². The molecule has 26 heavy (non-hydrogen) atoms. The zero-order chi connectivity index (χ0) is 19.5. The Morgan fingerprint density at radius 2 is 1.88 bits per heavy atom. The fraction of sp³-hybridized carbons (Fsp3) is 0.778. The van der Waals surface area contributed by atoms with E-state index in [1.54, 1.807) is 0 Å². The van der Waals surface area contributed by atoms with E-state index in [2.05, 4.69) is 22.9 Å². The molecule has 0 aromatic rings. The number of hydrogen-bond donors (Lipinski definition) is 3. The molecule has 0 unspecified atom stereocenters. The summed E-state index contributed by atoms with van der Waals surface area (Å²) < 4.78 is 0. The first-order valence-electron chi connectivity index (χ1n) is 9.33. The number of hydrogen-bond acceptors (Lipinski definition) is 4. The van der Waals surface area contributed by atoms with Crippen molar-refractivity contribution < 1.29 is 19.2 Å². The predicted molar refractivity (Wildman–Crippen MR) is 96.1 cm³/mol. The number of nitrogens with one attached hydrogen (secondary N) is 3. The lowest BCUT2D eigenvalue weighted by atomic mass is 9.77. The molecule has 2 aliphatic rings. The summed E-state index contributed by atoms with van der Waals surface area (Å²) in [7, 11) is 1.51. The van der Waals surface area contributed by atoms with Gasteiger partial charge in [-0.2, -0.15) is 0 Å². The van der Waals surface area contributed by atoms with Gasteiger partial charge in [-0.1, -0.05) is 20.8 Å². The minimum Gasteiger partial charge on any atom is -0.357 e. The number of nitrogens with zero attached hydrogens (tertiary/aromatic N) is 1. The molecular weight excluding hydrogens is 336 g/mol. The first-order valence-corrected chi connectivity index (χ1v) is 9.33. The smallest absolute Gasteiger partial charge is 0.325 e. The molecule has 0 radical (unpaired) electrons. The van der Waals surface area contributed by atoms with Gasteiger partial charge in [0.1, 0.15) is 18.1 Å². The van der Waals surface area contributed by atoms with Crippen molar-refractivity contribution in [2.45, 2.75) is 64.5 Å². The van der Waals surface area contributed by atoms with Gasteiger partial charge in [0, 0.05) is 7.05 Å². The van der Waals surface area contributed by atoms with Crippen molar-refractivity contribution in [3.63, 3.8) is 0 Å². The van der Waals surface area contributed by atoms with Gasteiger partial charge in [-0.25, -0.2) is 4.79 Å². The molecule has 8 heteroatoms. The summed E-state index contributed by atoms with van der Waals surface area (Å²) in [5.41, 5.74) is -0.859. The molecule has 1 saturated carbocycles. The van der Waals surface area contributed by atoms with Crippen molar-refractivity contribution in [3.8, 4) is 0 Å². The zero-order valence-corrected chi connectivity index (χ0v) is 16.1. The molecule has 0 aromatic heterocycles.